The van der Waals surface area contributed by atoms with Crippen molar-refractivity contribution in [2.75, 3.05) is 5.75 Å². The summed E-state index contributed by atoms with van der Waals surface area (Å²) >= 11 is 1.67. The number of hydrogen-bond acceptors (Lipinski definition) is 4. The second-order valence-electron chi connectivity index (χ2n) is 4.81. The van der Waals surface area contributed by atoms with Crippen LogP contribution >= 0.6 is 11.8 Å². The summed E-state index contributed by atoms with van der Waals surface area (Å²) in [4.78, 5) is 12.2. The largest absolute Gasteiger partial charge is 0.409 e. The monoisotopic (exact) mass is 259 g/mol. The zero-order valence-electron chi connectivity index (χ0n) is 10.6. The topological polar surface area (TPSA) is 87.7 Å². The standard InChI is InChI=1S/C11H21N3O2S/c1-4-10(2,8(12)14-16)13-9(15)11(3)6-5-7-17-11/h16H,4-7H2,1-3H3,(H2,12,14)(H,13,15). The molecule has 17 heavy (non-hydrogen) atoms. The number of nitrogens with one attached hydrogen (secondary N) is 1. The lowest BCUT2D eigenvalue weighted by atomic mass is 9.95. The van der Waals surface area contributed by atoms with Gasteiger partial charge in [-0.15, -0.1) is 11.8 Å². The number of carbonyl (C=O) groups is 1. The molecule has 1 fully saturated rings. The molecule has 1 aliphatic rings. The van der Waals surface area contributed by atoms with Gasteiger partial charge in [0.05, 0.1) is 10.3 Å². The second kappa shape index (κ2) is 5.16. The summed E-state index contributed by atoms with van der Waals surface area (Å²) in [5, 5.41) is 14.7. The van der Waals surface area contributed by atoms with Crippen LogP contribution < -0.4 is 11.1 Å². The lowest BCUT2D eigenvalue weighted by Gasteiger charge is -2.32. The Bertz CT molecular complexity index is 327. The van der Waals surface area contributed by atoms with E-state index in [0.717, 1.165) is 18.6 Å². The molecule has 1 amide bonds. The fourth-order valence-corrected chi connectivity index (χ4v) is 2.99. The van der Waals surface area contributed by atoms with Crippen molar-refractivity contribution in [2.24, 2.45) is 10.9 Å². The number of hydrogen-bond donors (Lipinski definition) is 3. The molecule has 4 N–H and O–H groups in total. The van der Waals surface area contributed by atoms with Gasteiger partial charge in [-0.05, 0) is 38.9 Å². The van der Waals surface area contributed by atoms with E-state index >= 15 is 0 Å². The molecule has 1 heterocycles. The molecule has 0 aromatic carbocycles. The quantitative estimate of drug-likeness (QED) is 0.307. The Morgan fingerprint density at radius 2 is 2.35 bits per heavy atom. The molecule has 6 heteroatoms. The van der Waals surface area contributed by atoms with E-state index in [0.29, 0.717) is 6.42 Å². The van der Waals surface area contributed by atoms with Gasteiger partial charge < -0.3 is 16.3 Å². The first-order chi connectivity index (χ1) is 7.88. The van der Waals surface area contributed by atoms with E-state index in [1.807, 2.05) is 13.8 Å². The van der Waals surface area contributed by atoms with Gasteiger partial charge in [0.2, 0.25) is 5.91 Å². The maximum atomic E-state index is 12.2. The van der Waals surface area contributed by atoms with Crippen LogP contribution in [0.3, 0.4) is 0 Å². The van der Waals surface area contributed by atoms with Gasteiger partial charge >= 0.3 is 0 Å². The SMILES string of the molecule is CCC(C)(NC(=O)C1(C)CCCS1)C(N)=NO. The highest BCUT2D eigenvalue weighted by atomic mass is 32.2. The predicted molar refractivity (Wildman–Crippen MR) is 70.3 cm³/mol. The number of amides is 1. The third kappa shape index (κ3) is 2.86. The highest BCUT2D eigenvalue weighted by Gasteiger charge is 2.41. The van der Waals surface area contributed by atoms with E-state index < -0.39 is 5.54 Å². The summed E-state index contributed by atoms with van der Waals surface area (Å²) in [6.07, 6.45) is 2.51. The minimum absolute atomic E-state index is 0.0315. The summed E-state index contributed by atoms with van der Waals surface area (Å²) in [6.45, 7) is 5.60. The lowest BCUT2D eigenvalue weighted by Crippen LogP contribution is -2.58. The fourth-order valence-electron chi connectivity index (χ4n) is 1.78. The Kier molecular flexibility index (Phi) is 4.30. The Morgan fingerprint density at radius 3 is 2.76 bits per heavy atom. The molecule has 0 radical (unpaired) electrons. The normalized spacial score (nSPS) is 28.8. The van der Waals surface area contributed by atoms with E-state index in [9.17, 15) is 4.79 Å². The Balaban J connectivity index is 2.78. The van der Waals surface area contributed by atoms with Crippen LogP contribution in [0.2, 0.25) is 0 Å². The number of nitrogens with two attached hydrogens (primary N) is 1. The molecule has 5 nitrogen and oxygen atoms in total. The molecule has 0 aromatic heterocycles. The smallest absolute Gasteiger partial charge is 0.236 e. The Hall–Kier alpha value is -0.910. The molecule has 1 saturated heterocycles. The lowest BCUT2D eigenvalue weighted by molar-refractivity contribution is -0.124. The molecule has 0 bridgehead atoms. The van der Waals surface area contributed by atoms with Gasteiger partial charge in [0.1, 0.15) is 0 Å². The van der Waals surface area contributed by atoms with E-state index in [1.165, 1.54) is 0 Å². The molecule has 0 spiro atoms. The molecule has 98 valence electrons. The van der Waals surface area contributed by atoms with E-state index in [2.05, 4.69) is 10.5 Å². The Labute approximate surface area is 106 Å². The molecular formula is C11H21N3O2S. The molecule has 0 saturated carbocycles. The second-order valence-corrected chi connectivity index (χ2v) is 6.41. The van der Waals surface area contributed by atoms with E-state index in [4.69, 9.17) is 10.9 Å². The third-order valence-electron chi connectivity index (χ3n) is 3.47. The first kappa shape index (κ1) is 14.2. The molecule has 0 aromatic rings. The maximum absolute atomic E-state index is 12.2. The zero-order chi connectivity index (χ0) is 13.1. The summed E-state index contributed by atoms with van der Waals surface area (Å²) in [5.41, 5.74) is 4.85. The van der Waals surface area contributed by atoms with Crippen molar-refractivity contribution in [1.29, 1.82) is 0 Å². The van der Waals surface area contributed by atoms with Gasteiger partial charge in [-0.25, -0.2) is 0 Å². The minimum Gasteiger partial charge on any atom is -0.409 e. The number of amidine groups is 1. The summed E-state index contributed by atoms with van der Waals surface area (Å²) < 4.78 is -0.383. The van der Waals surface area contributed by atoms with Gasteiger partial charge in [0.15, 0.2) is 5.84 Å². The molecule has 2 unspecified atom stereocenters. The Morgan fingerprint density at radius 1 is 1.71 bits per heavy atom. The number of nitrogens with zero attached hydrogens (tertiary/aromatic N) is 1. The summed E-state index contributed by atoms with van der Waals surface area (Å²) in [5.74, 6) is 1.02. The van der Waals surface area contributed by atoms with Crippen LogP contribution in [-0.2, 0) is 4.79 Å². The third-order valence-corrected chi connectivity index (χ3v) is 4.99. The van der Waals surface area contributed by atoms with Crippen LogP contribution in [0, 0.1) is 0 Å². The molecule has 2 atom stereocenters. The van der Waals surface area contributed by atoms with Crippen molar-refractivity contribution in [3.8, 4) is 0 Å². The van der Waals surface area contributed by atoms with Crippen molar-refractivity contribution in [2.45, 2.75) is 50.3 Å². The number of rotatable bonds is 4. The van der Waals surface area contributed by atoms with Crippen LogP contribution in [-0.4, -0.2) is 33.0 Å². The molecule has 1 rings (SSSR count). The molecule has 0 aliphatic carbocycles. The van der Waals surface area contributed by atoms with Crippen molar-refractivity contribution in [1.82, 2.24) is 5.32 Å². The van der Waals surface area contributed by atoms with Crippen molar-refractivity contribution < 1.29 is 10.0 Å². The zero-order valence-corrected chi connectivity index (χ0v) is 11.4. The van der Waals surface area contributed by atoms with Gasteiger partial charge in [-0.1, -0.05) is 12.1 Å². The van der Waals surface area contributed by atoms with Gasteiger partial charge in [0, 0.05) is 0 Å². The number of oxime groups is 1. The van der Waals surface area contributed by atoms with Gasteiger partial charge in [-0.3, -0.25) is 4.79 Å². The van der Waals surface area contributed by atoms with Gasteiger partial charge in [0.25, 0.3) is 0 Å². The fraction of sp³-hybridized carbons (Fsp3) is 0.818. The average molecular weight is 259 g/mol. The predicted octanol–water partition coefficient (Wildman–Crippen LogP) is 1.30. The van der Waals surface area contributed by atoms with E-state index in [-0.39, 0.29) is 16.5 Å². The first-order valence-electron chi connectivity index (χ1n) is 5.82. The van der Waals surface area contributed by atoms with Crippen LogP contribution in [0.25, 0.3) is 0 Å². The van der Waals surface area contributed by atoms with E-state index in [1.54, 1.807) is 18.7 Å². The van der Waals surface area contributed by atoms with Crippen LogP contribution in [0.1, 0.15) is 40.0 Å². The molecular weight excluding hydrogens is 238 g/mol. The summed E-state index contributed by atoms with van der Waals surface area (Å²) in [7, 11) is 0. The highest BCUT2D eigenvalue weighted by molar-refractivity contribution is 8.01. The van der Waals surface area contributed by atoms with Crippen molar-refractivity contribution in [3.05, 3.63) is 0 Å². The van der Waals surface area contributed by atoms with Crippen LogP contribution in [0.15, 0.2) is 5.16 Å². The van der Waals surface area contributed by atoms with Crippen molar-refractivity contribution in [3.63, 3.8) is 0 Å². The first-order valence-corrected chi connectivity index (χ1v) is 6.81. The average Bonchev–Trinajstić information content (AvgIpc) is 2.76. The van der Waals surface area contributed by atoms with Crippen LogP contribution in [0.5, 0.6) is 0 Å². The maximum Gasteiger partial charge on any atom is 0.236 e. The molecule has 1 aliphatic heterocycles. The highest BCUT2D eigenvalue weighted by Crippen LogP contribution is 2.38. The van der Waals surface area contributed by atoms with Crippen molar-refractivity contribution >= 4 is 23.5 Å². The minimum atomic E-state index is -0.780. The van der Waals surface area contributed by atoms with Gasteiger partial charge in [-0.2, -0.15) is 0 Å². The van der Waals surface area contributed by atoms with Crippen LogP contribution in [0.4, 0.5) is 0 Å². The number of carbonyl (C=O) groups excluding carboxylic acids is 1. The number of thioether (sulfide) groups is 1. The summed E-state index contributed by atoms with van der Waals surface area (Å²) in [6, 6.07) is 0.